The Balaban J connectivity index is 2.23. The minimum atomic E-state index is -1.83. The van der Waals surface area contributed by atoms with Gasteiger partial charge in [0.05, 0.1) is 0 Å². The van der Waals surface area contributed by atoms with E-state index in [0.29, 0.717) is 0 Å². The first-order valence-corrected chi connectivity index (χ1v) is 6.74. The number of phenolic OH excluding ortho intramolecular Hbond substituents is 2. The molecule has 0 saturated heterocycles. The number of carboxylic acid groups (broad SMARTS) is 2. The zero-order valence-corrected chi connectivity index (χ0v) is 12.2. The molecule has 2 aromatic rings. The highest BCUT2D eigenvalue weighted by molar-refractivity contribution is 5.84. The molecule has 0 aromatic heterocycles. The highest BCUT2D eigenvalue weighted by atomic mass is 16.6. The van der Waals surface area contributed by atoms with Crippen LogP contribution in [-0.2, 0) is 9.59 Å². The number of carbonyl (C=O) groups is 2. The molecule has 2 atom stereocenters. The molecule has 0 radical (unpaired) electrons. The van der Waals surface area contributed by atoms with E-state index < -0.39 is 24.1 Å². The number of aromatic hydroxyl groups is 2. The second-order valence-electron chi connectivity index (χ2n) is 4.74. The van der Waals surface area contributed by atoms with Crippen molar-refractivity contribution in [3.63, 3.8) is 0 Å². The predicted octanol–water partition coefficient (Wildman–Crippen LogP) is 1.46. The van der Waals surface area contributed by atoms with Crippen LogP contribution in [0.5, 0.6) is 23.0 Å². The lowest BCUT2D eigenvalue weighted by Gasteiger charge is -2.22. The molecule has 0 heterocycles. The molecule has 2 unspecified atom stereocenters. The largest absolute Gasteiger partial charge is 0.508 e. The third kappa shape index (κ3) is 4.29. The van der Waals surface area contributed by atoms with E-state index in [1.807, 2.05) is 0 Å². The van der Waals surface area contributed by atoms with E-state index in [1.54, 1.807) is 0 Å². The van der Waals surface area contributed by atoms with Crippen LogP contribution in [0.3, 0.4) is 0 Å². The zero-order chi connectivity index (χ0) is 17.7. The minimum Gasteiger partial charge on any atom is -0.508 e. The van der Waals surface area contributed by atoms with Crippen LogP contribution >= 0.6 is 0 Å². The summed E-state index contributed by atoms with van der Waals surface area (Å²) in [5.74, 6) is -3.06. The van der Waals surface area contributed by atoms with Crippen LogP contribution in [0.15, 0.2) is 48.5 Å². The van der Waals surface area contributed by atoms with Gasteiger partial charge in [0.25, 0.3) is 0 Å². The summed E-state index contributed by atoms with van der Waals surface area (Å²) in [7, 11) is 0. The Hall–Kier alpha value is -3.42. The fourth-order valence-electron chi connectivity index (χ4n) is 1.83. The number of rotatable bonds is 7. The normalized spacial score (nSPS) is 12.8. The lowest BCUT2D eigenvalue weighted by molar-refractivity contribution is -0.161. The topological polar surface area (TPSA) is 134 Å². The molecule has 0 saturated carbocycles. The number of phenols is 2. The van der Waals surface area contributed by atoms with Gasteiger partial charge in [-0.3, -0.25) is 0 Å². The van der Waals surface area contributed by atoms with Crippen LogP contribution in [0.25, 0.3) is 0 Å². The molecular formula is C16H14O8. The summed E-state index contributed by atoms with van der Waals surface area (Å²) in [4.78, 5) is 22.8. The van der Waals surface area contributed by atoms with Crippen molar-refractivity contribution < 1.29 is 39.5 Å². The SMILES string of the molecule is O=C(O)C(Oc1ccc(O)cc1)C(Oc1ccc(O)cc1)C(=O)O. The van der Waals surface area contributed by atoms with Gasteiger partial charge in [-0.2, -0.15) is 0 Å². The highest BCUT2D eigenvalue weighted by Gasteiger charge is 2.38. The Kier molecular flexibility index (Phi) is 5.10. The van der Waals surface area contributed by atoms with Crippen molar-refractivity contribution >= 4 is 11.9 Å². The lowest BCUT2D eigenvalue weighted by atomic mass is 10.2. The monoisotopic (exact) mass is 334 g/mol. The predicted molar refractivity (Wildman–Crippen MR) is 80.3 cm³/mol. The standard InChI is InChI=1S/C16H14O8/c17-9-1-5-11(6-2-9)23-13(15(19)20)14(16(21)22)24-12-7-3-10(18)4-8-12/h1-8,13-14,17-18H,(H,19,20)(H,21,22). The van der Waals surface area contributed by atoms with E-state index in [4.69, 9.17) is 9.47 Å². The maximum atomic E-state index is 11.4. The summed E-state index contributed by atoms with van der Waals surface area (Å²) in [5, 5.41) is 37.0. The van der Waals surface area contributed by atoms with Gasteiger partial charge in [-0.25, -0.2) is 9.59 Å². The maximum Gasteiger partial charge on any atom is 0.349 e. The molecule has 4 N–H and O–H groups in total. The van der Waals surface area contributed by atoms with E-state index in [0.717, 1.165) is 0 Å². The average molecular weight is 334 g/mol. The van der Waals surface area contributed by atoms with Gasteiger partial charge in [-0.1, -0.05) is 0 Å². The van der Waals surface area contributed by atoms with Gasteiger partial charge in [0.15, 0.2) is 0 Å². The van der Waals surface area contributed by atoms with Crippen molar-refractivity contribution in [1.82, 2.24) is 0 Å². The molecule has 126 valence electrons. The van der Waals surface area contributed by atoms with Crippen LogP contribution in [-0.4, -0.2) is 44.6 Å². The molecule has 2 aromatic carbocycles. The molecular weight excluding hydrogens is 320 g/mol. The lowest BCUT2D eigenvalue weighted by Crippen LogP contribution is -2.47. The summed E-state index contributed by atoms with van der Waals surface area (Å²) in [6, 6.07) is 10.3. The van der Waals surface area contributed by atoms with Crippen molar-refractivity contribution in [2.24, 2.45) is 0 Å². The first-order valence-electron chi connectivity index (χ1n) is 6.74. The Labute approximate surface area is 136 Å². The average Bonchev–Trinajstić information content (AvgIpc) is 2.54. The highest BCUT2D eigenvalue weighted by Crippen LogP contribution is 2.22. The van der Waals surface area contributed by atoms with Crippen molar-refractivity contribution in [2.75, 3.05) is 0 Å². The second kappa shape index (κ2) is 7.23. The van der Waals surface area contributed by atoms with E-state index >= 15 is 0 Å². The Morgan fingerprint density at radius 1 is 0.667 bits per heavy atom. The summed E-state index contributed by atoms with van der Waals surface area (Å²) >= 11 is 0. The molecule has 0 amide bonds. The number of hydrogen-bond acceptors (Lipinski definition) is 6. The Morgan fingerprint density at radius 3 is 1.21 bits per heavy atom. The van der Waals surface area contributed by atoms with Gasteiger partial charge in [0.1, 0.15) is 23.0 Å². The Bertz CT molecular complexity index is 644. The summed E-state index contributed by atoms with van der Waals surface area (Å²) in [6.07, 6.45) is -3.67. The smallest absolute Gasteiger partial charge is 0.349 e. The molecule has 8 nitrogen and oxygen atoms in total. The molecule has 8 heteroatoms. The molecule has 0 aliphatic carbocycles. The fourth-order valence-corrected chi connectivity index (χ4v) is 1.83. The zero-order valence-electron chi connectivity index (χ0n) is 12.2. The van der Waals surface area contributed by atoms with E-state index in [2.05, 4.69) is 0 Å². The van der Waals surface area contributed by atoms with Gasteiger partial charge < -0.3 is 29.9 Å². The quantitative estimate of drug-likeness (QED) is 0.598. The van der Waals surface area contributed by atoms with Gasteiger partial charge in [0, 0.05) is 0 Å². The minimum absolute atomic E-state index is 0.0515. The van der Waals surface area contributed by atoms with Crippen molar-refractivity contribution in [1.29, 1.82) is 0 Å². The second-order valence-corrected chi connectivity index (χ2v) is 4.74. The van der Waals surface area contributed by atoms with Crippen molar-refractivity contribution in [3.8, 4) is 23.0 Å². The molecule has 0 fully saturated rings. The first-order chi connectivity index (χ1) is 11.4. The van der Waals surface area contributed by atoms with Gasteiger partial charge in [-0.05, 0) is 48.5 Å². The molecule has 0 bridgehead atoms. The number of benzene rings is 2. The third-order valence-corrected chi connectivity index (χ3v) is 2.96. The van der Waals surface area contributed by atoms with Crippen molar-refractivity contribution in [3.05, 3.63) is 48.5 Å². The summed E-state index contributed by atoms with van der Waals surface area (Å²) in [5.41, 5.74) is 0. The molecule has 24 heavy (non-hydrogen) atoms. The summed E-state index contributed by atoms with van der Waals surface area (Å²) < 4.78 is 10.4. The molecule has 0 aliphatic rings. The van der Waals surface area contributed by atoms with Crippen LogP contribution in [0.4, 0.5) is 0 Å². The van der Waals surface area contributed by atoms with Gasteiger partial charge in [0.2, 0.25) is 12.2 Å². The van der Waals surface area contributed by atoms with Crippen LogP contribution in [0.2, 0.25) is 0 Å². The Morgan fingerprint density at radius 2 is 0.958 bits per heavy atom. The molecule has 2 rings (SSSR count). The number of ether oxygens (including phenoxy) is 2. The van der Waals surface area contributed by atoms with Crippen LogP contribution in [0.1, 0.15) is 0 Å². The first kappa shape index (κ1) is 16.9. The summed E-state index contributed by atoms with van der Waals surface area (Å²) in [6.45, 7) is 0. The van der Waals surface area contributed by atoms with Crippen molar-refractivity contribution in [2.45, 2.75) is 12.2 Å². The van der Waals surface area contributed by atoms with E-state index in [1.165, 1.54) is 48.5 Å². The number of hydrogen-bond donors (Lipinski definition) is 4. The fraction of sp³-hybridized carbons (Fsp3) is 0.125. The van der Waals surface area contributed by atoms with E-state index in [9.17, 15) is 30.0 Å². The number of aliphatic carboxylic acids is 2. The van der Waals surface area contributed by atoms with Gasteiger partial charge in [-0.15, -0.1) is 0 Å². The van der Waals surface area contributed by atoms with E-state index in [-0.39, 0.29) is 23.0 Å². The third-order valence-electron chi connectivity index (χ3n) is 2.96. The molecule has 0 spiro atoms. The maximum absolute atomic E-state index is 11.4. The van der Waals surface area contributed by atoms with Crippen LogP contribution < -0.4 is 9.47 Å². The van der Waals surface area contributed by atoms with Crippen LogP contribution in [0, 0.1) is 0 Å². The number of carboxylic acids is 2. The molecule has 0 aliphatic heterocycles. The van der Waals surface area contributed by atoms with Gasteiger partial charge >= 0.3 is 11.9 Å².